The first-order valence-electron chi connectivity index (χ1n) is 7.01. The molecule has 0 aliphatic rings. The summed E-state index contributed by atoms with van der Waals surface area (Å²) in [6, 6.07) is 1.67. The highest BCUT2D eigenvalue weighted by molar-refractivity contribution is 7.89. The van der Waals surface area contributed by atoms with Gasteiger partial charge in [-0.3, -0.25) is 0 Å². The number of nitrogens with two attached hydrogens (primary N) is 1. The molecule has 21 heavy (non-hydrogen) atoms. The van der Waals surface area contributed by atoms with Crippen molar-refractivity contribution in [3.05, 3.63) is 22.8 Å². The third kappa shape index (κ3) is 3.56. The van der Waals surface area contributed by atoms with Crippen molar-refractivity contribution in [3.8, 4) is 0 Å². The number of nitrogens with zero attached hydrogens (tertiary/aromatic N) is 1. The van der Waals surface area contributed by atoms with Crippen molar-refractivity contribution in [2.45, 2.75) is 45.6 Å². The van der Waals surface area contributed by atoms with Crippen LogP contribution < -0.4 is 5.73 Å². The molecular formula is C15H26N2O3S. The summed E-state index contributed by atoms with van der Waals surface area (Å²) in [5.41, 5.74) is 8.71. The summed E-state index contributed by atoms with van der Waals surface area (Å²) in [6.07, 6.45) is 0. The maximum absolute atomic E-state index is 13.0. The molecule has 0 saturated carbocycles. The predicted octanol–water partition coefficient (Wildman–Crippen LogP) is 2.24. The molecule has 0 radical (unpaired) electrons. The molecule has 0 spiro atoms. The van der Waals surface area contributed by atoms with Crippen molar-refractivity contribution in [2.75, 3.05) is 26.0 Å². The third-order valence-corrected chi connectivity index (χ3v) is 6.09. The first kappa shape index (κ1) is 17.9. The first-order chi connectivity index (χ1) is 9.64. The summed E-state index contributed by atoms with van der Waals surface area (Å²) >= 11 is 0. The number of hydrogen-bond acceptors (Lipinski definition) is 4. The van der Waals surface area contributed by atoms with Crippen molar-refractivity contribution < 1.29 is 13.2 Å². The number of nitrogen functional groups attached to an aromatic ring is 1. The van der Waals surface area contributed by atoms with Gasteiger partial charge in [0.25, 0.3) is 0 Å². The Morgan fingerprint density at radius 2 is 1.81 bits per heavy atom. The number of ether oxygens (including phenoxy) is 1. The molecule has 0 aliphatic carbocycles. The molecule has 0 bridgehead atoms. The SMILES string of the molecule is COCCN(C(C)C)S(=O)(=O)c1c(C)c(C)cc(N)c1C. The second-order valence-corrected chi connectivity index (χ2v) is 7.39. The topological polar surface area (TPSA) is 72.6 Å². The number of rotatable bonds is 6. The van der Waals surface area contributed by atoms with E-state index in [2.05, 4.69) is 0 Å². The van der Waals surface area contributed by atoms with Gasteiger partial charge in [0.2, 0.25) is 10.0 Å². The molecule has 0 unspecified atom stereocenters. The maximum atomic E-state index is 13.0. The lowest BCUT2D eigenvalue weighted by Gasteiger charge is -2.28. The predicted molar refractivity (Wildman–Crippen MR) is 86.0 cm³/mol. The average Bonchev–Trinajstić information content (AvgIpc) is 2.36. The summed E-state index contributed by atoms with van der Waals surface area (Å²) in [4.78, 5) is 0.324. The molecule has 0 saturated heterocycles. The Morgan fingerprint density at radius 3 is 2.29 bits per heavy atom. The number of sulfonamides is 1. The van der Waals surface area contributed by atoms with Crippen LogP contribution in [-0.2, 0) is 14.8 Å². The number of aryl methyl sites for hydroxylation is 1. The minimum absolute atomic E-state index is 0.148. The van der Waals surface area contributed by atoms with Crippen LogP contribution >= 0.6 is 0 Å². The van der Waals surface area contributed by atoms with Crippen LogP contribution in [-0.4, -0.2) is 39.0 Å². The van der Waals surface area contributed by atoms with Gasteiger partial charge in [-0.05, 0) is 57.4 Å². The van der Waals surface area contributed by atoms with E-state index in [9.17, 15) is 8.42 Å². The lowest BCUT2D eigenvalue weighted by Crippen LogP contribution is -2.40. The van der Waals surface area contributed by atoms with Crippen LogP contribution in [0.1, 0.15) is 30.5 Å². The van der Waals surface area contributed by atoms with Crippen LogP contribution in [0.25, 0.3) is 0 Å². The van der Waals surface area contributed by atoms with E-state index in [0.29, 0.717) is 29.3 Å². The summed E-state index contributed by atoms with van der Waals surface area (Å²) < 4.78 is 32.6. The number of hydrogen-bond donors (Lipinski definition) is 1. The molecule has 0 heterocycles. The van der Waals surface area contributed by atoms with E-state index in [1.807, 2.05) is 33.8 Å². The second-order valence-electron chi connectivity index (χ2n) is 5.56. The van der Waals surface area contributed by atoms with Crippen molar-refractivity contribution in [1.29, 1.82) is 0 Å². The van der Waals surface area contributed by atoms with Gasteiger partial charge < -0.3 is 10.5 Å². The largest absolute Gasteiger partial charge is 0.398 e. The van der Waals surface area contributed by atoms with Crippen molar-refractivity contribution in [2.24, 2.45) is 0 Å². The van der Waals surface area contributed by atoms with E-state index in [4.69, 9.17) is 10.5 Å². The van der Waals surface area contributed by atoms with Gasteiger partial charge in [-0.1, -0.05) is 0 Å². The zero-order valence-electron chi connectivity index (χ0n) is 13.7. The molecule has 6 heteroatoms. The van der Waals surface area contributed by atoms with E-state index in [1.165, 1.54) is 4.31 Å². The van der Waals surface area contributed by atoms with Crippen LogP contribution in [0.3, 0.4) is 0 Å². The Kier molecular flexibility index (Phi) is 5.78. The smallest absolute Gasteiger partial charge is 0.243 e. The van der Waals surface area contributed by atoms with E-state index in [-0.39, 0.29) is 6.04 Å². The highest BCUT2D eigenvalue weighted by Gasteiger charge is 2.30. The molecule has 5 nitrogen and oxygen atoms in total. The standard InChI is InChI=1S/C15H26N2O3S/c1-10(2)17(7-8-20-6)21(18,19)15-12(4)11(3)9-14(16)13(15)5/h9-10H,7-8,16H2,1-6H3. The monoisotopic (exact) mass is 314 g/mol. The third-order valence-electron chi connectivity index (χ3n) is 3.74. The van der Waals surface area contributed by atoms with E-state index in [0.717, 1.165) is 11.1 Å². The van der Waals surface area contributed by atoms with Gasteiger partial charge in [-0.2, -0.15) is 4.31 Å². The number of anilines is 1. The Hall–Kier alpha value is -1.11. The van der Waals surface area contributed by atoms with Crippen molar-refractivity contribution in [3.63, 3.8) is 0 Å². The fourth-order valence-corrected chi connectivity index (χ4v) is 4.54. The minimum Gasteiger partial charge on any atom is -0.398 e. The first-order valence-corrected chi connectivity index (χ1v) is 8.45. The van der Waals surface area contributed by atoms with Gasteiger partial charge in [0.15, 0.2) is 0 Å². The minimum atomic E-state index is -3.61. The molecule has 0 aliphatic heterocycles. The van der Waals surface area contributed by atoms with Crippen LogP contribution in [0.4, 0.5) is 5.69 Å². The summed E-state index contributed by atoms with van der Waals surface area (Å²) in [5.74, 6) is 0. The molecule has 2 N–H and O–H groups in total. The van der Waals surface area contributed by atoms with Crippen LogP contribution in [0.2, 0.25) is 0 Å². The quantitative estimate of drug-likeness (QED) is 0.817. The van der Waals surface area contributed by atoms with Crippen LogP contribution in [0.15, 0.2) is 11.0 Å². The second kappa shape index (κ2) is 6.77. The Balaban J connectivity index is 3.48. The van der Waals surface area contributed by atoms with Crippen molar-refractivity contribution in [1.82, 2.24) is 4.31 Å². The van der Waals surface area contributed by atoms with Crippen LogP contribution in [0, 0.1) is 20.8 Å². The maximum Gasteiger partial charge on any atom is 0.243 e. The van der Waals surface area contributed by atoms with E-state index >= 15 is 0 Å². The fourth-order valence-electron chi connectivity index (χ4n) is 2.38. The van der Waals surface area contributed by atoms with E-state index in [1.54, 1.807) is 14.0 Å². The van der Waals surface area contributed by atoms with Gasteiger partial charge in [-0.15, -0.1) is 0 Å². The van der Waals surface area contributed by atoms with Gasteiger partial charge >= 0.3 is 0 Å². The summed E-state index contributed by atoms with van der Waals surface area (Å²) in [5, 5.41) is 0. The van der Waals surface area contributed by atoms with Gasteiger partial charge in [0.1, 0.15) is 0 Å². The van der Waals surface area contributed by atoms with Gasteiger partial charge in [0.05, 0.1) is 11.5 Å². The highest BCUT2D eigenvalue weighted by atomic mass is 32.2. The Labute approximate surface area is 128 Å². The summed E-state index contributed by atoms with van der Waals surface area (Å²) in [6.45, 7) is 9.85. The molecule has 0 aromatic heterocycles. The zero-order chi connectivity index (χ0) is 16.4. The highest BCUT2D eigenvalue weighted by Crippen LogP contribution is 2.30. The fraction of sp³-hybridized carbons (Fsp3) is 0.600. The summed E-state index contributed by atoms with van der Waals surface area (Å²) in [7, 11) is -2.04. The van der Waals surface area contributed by atoms with Crippen molar-refractivity contribution >= 4 is 15.7 Å². The van der Waals surface area contributed by atoms with Gasteiger partial charge in [0, 0.05) is 25.4 Å². The Bertz CT molecular complexity index is 584. The molecule has 0 atom stereocenters. The number of benzene rings is 1. The molecular weight excluding hydrogens is 288 g/mol. The molecule has 1 aromatic carbocycles. The Morgan fingerprint density at radius 1 is 1.24 bits per heavy atom. The normalized spacial score (nSPS) is 12.4. The molecule has 1 rings (SSSR count). The molecule has 0 amide bonds. The number of methoxy groups -OCH3 is 1. The van der Waals surface area contributed by atoms with Gasteiger partial charge in [-0.25, -0.2) is 8.42 Å². The molecule has 1 aromatic rings. The van der Waals surface area contributed by atoms with Crippen LogP contribution in [0.5, 0.6) is 0 Å². The lowest BCUT2D eigenvalue weighted by molar-refractivity contribution is 0.171. The molecule has 0 fully saturated rings. The molecule has 120 valence electrons. The average molecular weight is 314 g/mol. The van der Waals surface area contributed by atoms with E-state index < -0.39 is 10.0 Å². The zero-order valence-corrected chi connectivity index (χ0v) is 14.5. The lowest BCUT2D eigenvalue weighted by atomic mass is 10.1.